The number of rotatable bonds is 6. The average molecular weight is 288 g/mol. The summed E-state index contributed by atoms with van der Waals surface area (Å²) in [6.45, 7) is 7.66. The summed E-state index contributed by atoms with van der Waals surface area (Å²) in [4.78, 5) is 2.46. The molecule has 5 heteroatoms. The van der Waals surface area contributed by atoms with Crippen LogP contribution in [-0.2, 0) is 10.0 Å². The van der Waals surface area contributed by atoms with E-state index in [0.717, 1.165) is 51.7 Å². The predicted octanol–water partition coefficient (Wildman–Crippen LogP) is 2.06. The fourth-order valence-electron chi connectivity index (χ4n) is 3.49. The van der Waals surface area contributed by atoms with E-state index in [1.54, 1.807) is 4.31 Å². The summed E-state index contributed by atoms with van der Waals surface area (Å²) in [5.41, 5.74) is 0. The molecule has 0 radical (unpaired) electrons. The summed E-state index contributed by atoms with van der Waals surface area (Å²) in [6.07, 6.45) is 5.91. The van der Waals surface area contributed by atoms with Crippen molar-refractivity contribution in [3.8, 4) is 0 Å². The number of sulfonamides is 1. The Labute approximate surface area is 118 Å². The van der Waals surface area contributed by atoms with Crippen LogP contribution in [0.4, 0.5) is 0 Å². The topological polar surface area (TPSA) is 40.6 Å². The summed E-state index contributed by atoms with van der Waals surface area (Å²) >= 11 is 0. The third kappa shape index (κ3) is 3.31. The van der Waals surface area contributed by atoms with E-state index in [9.17, 15) is 8.42 Å². The van der Waals surface area contributed by atoms with E-state index in [4.69, 9.17) is 0 Å². The normalized spacial score (nSPS) is 25.9. The molecule has 0 unspecified atom stereocenters. The van der Waals surface area contributed by atoms with Crippen LogP contribution in [0.1, 0.15) is 52.4 Å². The van der Waals surface area contributed by atoms with Gasteiger partial charge in [0.05, 0.1) is 5.25 Å². The van der Waals surface area contributed by atoms with Crippen LogP contribution in [0.25, 0.3) is 0 Å². The zero-order chi connectivity index (χ0) is 13.9. The molecule has 1 atom stereocenters. The molecule has 0 saturated carbocycles. The first-order chi connectivity index (χ1) is 9.09. The van der Waals surface area contributed by atoms with Crippen LogP contribution in [0.3, 0.4) is 0 Å². The van der Waals surface area contributed by atoms with Crippen molar-refractivity contribution in [1.29, 1.82) is 0 Å². The molecule has 2 saturated heterocycles. The number of hydrogen-bond donors (Lipinski definition) is 0. The van der Waals surface area contributed by atoms with Crippen LogP contribution < -0.4 is 0 Å². The highest BCUT2D eigenvalue weighted by Gasteiger charge is 2.38. The maximum atomic E-state index is 12.8. The average Bonchev–Trinajstić information content (AvgIpc) is 2.85. The second kappa shape index (κ2) is 6.55. The fraction of sp³-hybridized carbons (Fsp3) is 1.00. The molecule has 19 heavy (non-hydrogen) atoms. The molecule has 2 aliphatic rings. The van der Waals surface area contributed by atoms with Gasteiger partial charge in [0.2, 0.25) is 10.0 Å². The van der Waals surface area contributed by atoms with E-state index in [-0.39, 0.29) is 5.25 Å². The van der Waals surface area contributed by atoms with Crippen LogP contribution in [0, 0.1) is 0 Å². The molecular weight excluding hydrogens is 260 g/mol. The van der Waals surface area contributed by atoms with Gasteiger partial charge in [0, 0.05) is 25.7 Å². The minimum atomic E-state index is -3.08. The van der Waals surface area contributed by atoms with E-state index in [1.165, 1.54) is 6.42 Å². The van der Waals surface area contributed by atoms with Crippen molar-refractivity contribution < 1.29 is 8.42 Å². The van der Waals surface area contributed by atoms with Gasteiger partial charge in [0.1, 0.15) is 0 Å². The second-order valence-corrected chi connectivity index (χ2v) is 8.15. The van der Waals surface area contributed by atoms with Crippen molar-refractivity contribution >= 4 is 10.0 Å². The molecule has 0 spiro atoms. The molecule has 112 valence electrons. The molecule has 2 heterocycles. The quantitative estimate of drug-likeness (QED) is 0.751. The standard InChI is InChI=1S/C14H28N2O2S/c1-3-6-14(7-4-2)19(17,18)16-11-10-15-9-5-8-13(15)12-16/h13-14H,3-12H2,1-2H3/t13-/m0/s1. The van der Waals surface area contributed by atoms with Crippen molar-refractivity contribution in [3.05, 3.63) is 0 Å². The maximum Gasteiger partial charge on any atom is 0.217 e. The van der Waals surface area contributed by atoms with Gasteiger partial charge in [-0.15, -0.1) is 0 Å². The summed E-state index contributed by atoms with van der Waals surface area (Å²) in [7, 11) is -3.08. The molecule has 2 fully saturated rings. The summed E-state index contributed by atoms with van der Waals surface area (Å²) in [5.74, 6) is 0. The molecule has 0 aliphatic carbocycles. The molecular formula is C14H28N2O2S. The van der Waals surface area contributed by atoms with Crippen molar-refractivity contribution in [1.82, 2.24) is 9.21 Å². The van der Waals surface area contributed by atoms with E-state index >= 15 is 0 Å². The van der Waals surface area contributed by atoms with Crippen molar-refractivity contribution in [2.45, 2.75) is 63.7 Å². The van der Waals surface area contributed by atoms with E-state index in [1.807, 2.05) is 0 Å². The molecule has 0 aromatic heterocycles. The maximum absolute atomic E-state index is 12.8. The van der Waals surface area contributed by atoms with Crippen LogP contribution >= 0.6 is 0 Å². The lowest BCUT2D eigenvalue weighted by atomic mass is 10.2. The highest BCUT2D eigenvalue weighted by Crippen LogP contribution is 2.26. The SMILES string of the molecule is CCCC(CCC)S(=O)(=O)N1CCN2CCC[C@H]2C1. The van der Waals surface area contributed by atoms with Gasteiger partial charge in [-0.25, -0.2) is 8.42 Å². The summed E-state index contributed by atoms with van der Waals surface area (Å²) in [6, 6.07) is 0.479. The smallest absolute Gasteiger partial charge is 0.217 e. The molecule has 2 aliphatic heterocycles. The Morgan fingerprint density at radius 3 is 2.42 bits per heavy atom. The Bertz CT molecular complexity index is 377. The summed E-state index contributed by atoms with van der Waals surface area (Å²) < 4.78 is 27.3. The van der Waals surface area contributed by atoms with Gasteiger partial charge < -0.3 is 0 Å². The van der Waals surface area contributed by atoms with Crippen LogP contribution in [0.2, 0.25) is 0 Å². The minimum absolute atomic E-state index is 0.157. The Kier molecular flexibility index (Phi) is 5.26. The largest absolute Gasteiger partial charge is 0.298 e. The molecule has 0 amide bonds. The van der Waals surface area contributed by atoms with Gasteiger partial charge in [-0.1, -0.05) is 26.7 Å². The van der Waals surface area contributed by atoms with Gasteiger partial charge >= 0.3 is 0 Å². The number of nitrogens with zero attached hydrogens (tertiary/aromatic N) is 2. The van der Waals surface area contributed by atoms with Gasteiger partial charge in [-0.05, 0) is 32.2 Å². The van der Waals surface area contributed by atoms with Gasteiger partial charge in [0.15, 0.2) is 0 Å². The van der Waals surface area contributed by atoms with Crippen LogP contribution in [-0.4, -0.2) is 55.1 Å². The molecule has 2 rings (SSSR count). The zero-order valence-corrected chi connectivity index (χ0v) is 13.2. The number of piperazine rings is 1. The lowest BCUT2D eigenvalue weighted by Gasteiger charge is -2.38. The Hall–Kier alpha value is -0.130. The lowest BCUT2D eigenvalue weighted by Crippen LogP contribution is -2.53. The van der Waals surface area contributed by atoms with Crippen molar-refractivity contribution in [2.24, 2.45) is 0 Å². The molecule has 0 aromatic carbocycles. The Balaban J connectivity index is 2.05. The summed E-state index contributed by atoms with van der Waals surface area (Å²) in [5, 5.41) is -0.157. The monoisotopic (exact) mass is 288 g/mol. The van der Waals surface area contributed by atoms with Crippen LogP contribution in [0.15, 0.2) is 0 Å². The second-order valence-electron chi connectivity index (χ2n) is 5.93. The number of hydrogen-bond acceptors (Lipinski definition) is 3. The van der Waals surface area contributed by atoms with E-state index in [0.29, 0.717) is 12.6 Å². The van der Waals surface area contributed by atoms with E-state index < -0.39 is 10.0 Å². The van der Waals surface area contributed by atoms with Gasteiger partial charge in [-0.2, -0.15) is 4.31 Å². The number of fused-ring (bicyclic) bond motifs is 1. The van der Waals surface area contributed by atoms with Gasteiger partial charge in [-0.3, -0.25) is 4.90 Å². The highest BCUT2D eigenvalue weighted by atomic mass is 32.2. The van der Waals surface area contributed by atoms with Crippen molar-refractivity contribution in [3.63, 3.8) is 0 Å². The lowest BCUT2D eigenvalue weighted by molar-refractivity contribution is 0.157. The predicted molar refractivity (Wildman–Crippen MR) is 78.7 cm³/mol. The first kappa shape index (κ1) is 15.3. The van der Waals surface area contributed by atoms with E-state index in [2.05, 4.69) is 18.7 Å². The third-order valence-corrected chi connectivity index (χ3v) is 6.92. The first-order valence-electron chi connectivity index (χ1n) is 7.82. The highest BCUT2D eigenvalue weighted by molar-refractivity contribution is 7.89. The molecule has 0 N–H and O–H groups in total. The molecule has 4 nitrogen and oxygen atoms in total. The zero-order valence-electron chi connectivity index (χ0n) is 12.3. The minimum Gasteiger partial charge on any atom is -0.298 e. The molecule has 0 aromatic rings. The Morgan fingerprint density at radius 2 is 1.79 bits per heavy atom. The van der Waals surface area contributed by atoms with Gasteiger partial charge in [0.25, 0.3) is 0 Å². The first-order valence-corrected chi connectivity index (χ1v) is 9.33. The van der Waals surface area contributed by atoms with Crippen molar-refractivity contribution in [2.75, 3.05) is 26.2 Å². The molecule has 0 bridgehead atoms. The third-order valence-electron chi connectivity index (χ3n) is 4.55. The fourth-order valence-corrected chi connectivity index (χ4v) is 5.70. The Morgan fingerprint density at radius 1 is 1.11 bits per heavy atom. The van der Waals surface area contributed by atoms with Crippen LogP contribution in [0.5, 0.6) is 0 Å².